The number of alkyl halides is 1. The molecule has 5 N–H and O–H groups in total. The van der Waals surface area contributed by atoms with E-state index in [1.807, 2.05) is 0 Å². The van der Waals surface area contributed by atoms with Gasteiger partial charge in [-0.25, -0.2) is 0 Å². The second-order valence-electron chi connectivity index (χ2n) is 3.14. The summed E-state index contributed by atoms with van der Waals surface area (Å²) in [5.41, 5.74) is 6.63. The molecule has 14 heavy (non-hydrogen) atoms. The summed E-state index contributed by atoms with van der Waals surface area (Å²) in [6.45, 7) is 1.73. The van der Waals surface area contributed by atoms with Crippen molar-refractivity contribution in [3.63, 3.8) is 0 Å². The number of nitrogens with one attached hydrogen (secondary N) is 1. The van der Waals surface area contributed by atoms with Crippen LogP contribution < -0.4 is 5.73 Å². The number of nitrogens with two attached hydrogens (primary N) is 1. The van der Waals surface area contributed by atoms with Crippen LogP contribution in [0, 0.1) is 6.92 Å². The molecular formula is C8H14ClN3O2. The highest BCUT2D eigenvalue weighted by molar-refractivity contribution is 6.17. The van der Waals surface area contributed by atoms with Gasteiger partial charge in [0.25, 0.3) is 0 Å². The molecule has 0 fully saturated rings. The van der Waals surface area contributed by atoms with Gasteiger partial charge >= 0.3 is 0 Å². The van der Waals surface area contributed by atoms with Crippen LogP contribution in [0.15, 0.2) is 0 Å². The largest absolute Gasteiger partial charge is 0.390 e. The molecule has 0 aliphatic rings. The van der Waals surface area contributed by atoms with E-state index >= 15 is 0 Å². The number of H-pyrrole nitrogens is 1. The zero-order valence-corrected chi connectivity index (χ0v) is 8.62. The molecule has 6 heteroatoms. The number of hydrogen-bond donors (Lipinski definition) is 4. The molecule has 0 aliphatic heterocycles. The Morgan fingerprint density at radius 3 is 2.64 bits per heavy atom. The average molecular weight is 220 g/mol. The maximum atomic E-state index is 9.72. The Bertz CT molecular complexity index is 283. The van der Waals surface area contributed by atoms with Crippen LogP contribution in [0.4, 0.5) is 5.82 Å². The third kappa shape index (κ3) is 2.17. The van der Waals surface area contributed by atoms with Crippen LogP contribution in [0.3, 0.4) is 0 Å². The zero-order valence-electron chi connectivity index (χ0n) is 7.87. The maximum absolute atomic E-state index is 9.72. The van der Waals surface area contributed by atoms with Crippen LogP contribution in [0.5, 0.6) is 0 Å². The van der Waals surface area contributed by atoms with E-state index in [1.54, 1.807) is 6.92 Å². The Morgan fingerprint density at radius 2 is 2.21 bits per heavy atom. The highest BCUT2D eigenvalue weighted by Gasteiger charge is 2.23. The first-order chi connectivity index (χ1) is 6.57. The van der Waals surface area contributed by atoms with E-state index in [9.17, 15) is 10.2 Å². The minimum Gasteiger partial charge on any atom is -0.390 e. The van der Waals surface area contributed by atoms with E-state index < -0.39 is 12.2 Å². The van der Waals surface area contributed by atoms with Crippen molar-refractivity contribution >= 4 is 17.4 Å². The SMILES string of the molecule is Cc1[nH]nc(N)c1C(O)C(O)CCCl. The summed E-state index contributed by atoms with van der Waals surface area (Å²) in [6.07, 6.45) is -1.63. The van der Waals surface area contributed by atoms with Gasteiger partial charge in [-0.15, -0.1) is 11.6 Å². The lowest BCUT2D eigenvalue weighted by Gasteiger charge is -2.16. The molecule has 1 aromatic rings. The van der Waals surface area contributed by atoms with Crippen LogP contribution in [-0.2, 0) is 0 Å². The number of aromatic nitrogens is 2. The number of nitrogens with zero attached hydrogens (tertiary/aromatic N) is 1. The normalized spacial score (nSPS) is 15.4. The van der Waals surface area contributed by atoms with Crippen molar-refractivity contribution in [3.8, 4) is 0 Å². The topological polar surface area (TPSA) is 95.2 Å². The summed E-state index contributed by atoms with van der Waals surface area (Å²) in [7, 11) is 0. The van der Waals surface area contributed by atoms with Gasteiger partial charge in [0.2, 0.25) is 0 Å². The second kappa shape index (κ2) is 4.63. The number of halogens is 1. The molecule has 0 radical (unpaired) electrons. The smallest absolute Gasteiger partial charge is 0.151 e. The summed E-state index contributed by atoms with van der Waals surface area (Å²) in [4.78, 5) is 0. The molecule has 0 spiro atoms. The van der Waals surface area contributed by atoms with Crippen LogP contribution in [-0.4, -0.2) is 32.4 Å². The average Bonchev–Trinajstić information content (AvgIpc) is 2.46. The summed E-state index contributed by atoms with van der Waals surface area (Å²) < 4.78 is 0. The number of anilines is 1. The van der Waals surface area contributed by atoms with Gasteiger partial charge < -0.3 is 15.9 Å². The van der Waals surface area contributed by atoms with E-state index in [4.69, 9.17) is 17.3 Å². The molecule has 80 valence electrons. The Morgan fingerprint density at radius 1 is 1.57 bits per heavy atom. The summed E-state index contributed by atoms with van der Waals surface area (Å²) in [6, 6.07) is 0. The molecule has 0 saturated carbocycles. The molecule has 1 rings (SSSR count). The van der Waals surface area contributed by atoms with E-state index in [0.29, 0.717) is 17.7 Å². The van der Waals surface area contributed by atoms with Gasteiger partial charge in [0.15, 0.2) is 5.82 Å². The van der Waals surface area contributed by atoms with Gasteiger partial charge in [0, 0.05) is 17.1 Å². The van der Waals surface area contributed by atoms with Gasteiger partial charge in [0.1, 0.15) is 6.10 Å². The Balaban J connectivity index is 2.82. The first kappa shape index (κ1) is 11.3. The van der Waals surface area contributed by atoms with E-state index in [2.05, 4.69) is 10.2 Å². The van der Waals surface area contributed by atoms with Gasteiger partial charge in [-0.2, -0.15) is 5.10 Å². The lowest BCUT2D eigenvalue weighted by Crippen LogP contribution is -2.20. The number of aliphatic hydroxyl groups excluding tert-OH is 2. The highest BCUT2D eigenvalue weighted by atomic mass is 35.5. The van der Waals surface area contributed by atoms with E-state index in [0.717, 1.165) is 0 Å². The Labute approximate surface area is 86.9 Å². The molecule has 0 amide bonds. The number of aryl methyl sites for hydroxylation is 1. The highest BCUT2D eigenvalue weighted by Crippen LogP contribution is 2.25. The van der Waals surface area contributed by atoms with Crippen molar-refractivity contribution < 1.29 is 10.2 Å². The molecule has 0 aliphatic carbocycles. The molecule has 2 unspecified atom stereocenters. The summed E-state index contributed by atoms with van der Waals surface area (Å²) >= 11 is 5.46. The lowest BCUT2D eigenvalue weighted by atomic mass is 10.0. The number of nitrogen functional groups attached to an aromatic ring is 1. The van der Waals surface area contributed by atoms with Crippen molar-refractivity contribution in [3.05, 3.63) is 11.3 Å². The van der Waals surface area contributed by atoms with Crippen molar-refractivity contribution in [2.45, 2.75) is 25.6 Å². The van der Waals surface area contributed by atoms with Gasteiger partial charge in [-0.1, -0.05) is 0 Å². The molecular weight excluding hydrogens is 206 g/mol. The zero-order chi connectivity index (χ0) is 10.7. The third-order valence-corrected chi connectivity index (χ3v) is 2.31. The standard InChI is InChI=1S/C8H14ClN3O2/c1-4-6(8(10)12-11-4)7(14)5(13)2-3-9/h5,7,13-14H,2-3H2,1H3,(H3,10,11,12). The van der Waals surface area contributed by atoms with Crippen LogP contribution in [0.25, 0.3) is 0 Å². The molecule has 0 bridgehead atoms. The predicted molar refractivity (Wildman–Crippen MR) is 54.0 cm³/mol. The lowest BCUT2D eigenvalue weighted by molar-refractivity contribution is 0.0171. The minimum atomic E-state index is -1.03. The first-order valence-corrected chi connectivity index (χ1v) is 4.83. The van der Waals surface area contributed by atoms with Gasteiger partial charge in [-0.3, -0.25) is 5.10 Å². The number of hydrogen-bond acceptors (Lipinski definition) is 4. The molecule has 5 nitrogen and oxygen atoms in total. The monoisotopic (exact) mass is 219 g/mol. The van der Waals surface area contributed by atoms with Crippen LogP contribution >= 0.6 is 11.6 Å². The quantitative estimate of drug-likeness (QED) is 0.549. The predicted octanol–water partition coefficient (Wildman–Crippen LogP) is 0.324. The van der Waals surface area contributed by atoms with Crippen molar-refractivity contribution in [2.24, 2.45) is 0 Å². The fourth-order valence-electron chi connectivity index (χ4n) is 1.29. The van der Waals surface area contributed by atoms with E-state index in [-0.39, 0.29) is 11.7 Å². The van der Waals surface area contributed by atoms with Gasteiger partial charge in [-0.05, 0) is 13.3 Å². The fraction of sp³-hybridized carbons (Fsp3) is 0.625. The Kier molecular flexibility index (Phi) is 3.74. The fourth-order valence-corrected chi connectivity index (χ4v) is 1.52. The molecule has 1 aromatic heterocycles. The van der Waals surface area contributed by atoms with Gasteiger partial charge in [0.05, 0.1) is 6.10 Å². The van der Waals surface area contributed by atoms with E-state index in [1.165, 1.54) is 0 Å². The summed E-state index contributed by atoms with van der Waals surface area (Å²) in [5.74, 6) is 0.498. The number of aliphatic hydroxyl groups is 2. The maximum Gasteiger partial charge on any atom is 0.151 e. The third-order valence-electron chi connectivity index (χ3n) is 2.09. The van der Waals surface area contributed by atoms with Crippen molar-refractivity contribution in [2.75, 3.05) is 11.6 Å². The molecule has 0 aromatic carbocycles. The molecule has 2 atom stereocenters. The number of rotatable bonds is 4. The summed E-state index contributed by atoms with van der Waals surface area (Å²) in [5, 5.41) is 25.6. The first-order valence-electron chi connectivity index (χ1n) is 4.30. The van der Waals surface area contributed by atoms with Crippen LogP contribution in [0.1, 0.15) is 23.8 Å². The number of aromatic amines is 1. The van der Waals surface area contributed by atoms with Crippen molar-refractivity contribution in [1.82, 2.24) is 10.2 Å². The molecule has 1 heterocycles. The van der Waals surface area contributed by atoms with Crippen LogP contribution in [0.2, 0.25) is 0 Å². The second-order valence-corrected chi connectivity index (χ2v) is 3.52. The minimum absolute atomic E-state index is 0.212. The van der Waals surface area contributed by atoms with Crippen molar-refractivity contribution in [1.29, 1.82) is 0 Å². The molecule has 0 saturated heterocycles. The Hall–Kier alpha value is -0.780.